The summed E-state index contributed by atoms with van der Waals surface area (Å²) in [6, 6.07) is 4.25. The molecular formula is C24H18F6N4O2. The lowest BCUT2D eigenvalue weighted by molar-refractivity contribution is -0.140. The van der Waals surface area contributed by atoms with Crippen LogP contribution < -0.4 is 4.74 Å². The molecular weight excluding hydrogens is 490 g/mol. The standard InChI is InChI=1S/C24H18F6N4O2/c1-11-12-6-18(19(7-12)36-20-5-4-17(21(27)33-20)24(28,29)30)34(11)23(35)16-8-13(25)2-3-15(16)22-31-9-14(26)10-32-22/h2-5,8-12,18-19H,6-7H2,1H3. The van der Waals surface area contributed by atoms with Crippen LogP contribution in [0.3, 0.4) is 0 Å². The Balaban J connectivity index is 1.42. The van der Waals surface area contributed by atoms with Crippen LogP contribution in [0, 0.1) is 23.5 Å². The van der Waals surface area contributed by atoms with E-state index in [9.17, 15) is 31.1 Å². The molecule has 6 nitrogen and oxygen atoms in total. The molecule has 36 heavy (non-hydrogen) atoms. The number of aromatic nitrogens is 3. The van der Waals surface area contributed by atoms with Crippen LogP contribution in [0.4, 0.5) is 26.3 Å². The first-order valence-electron chi connectivity index (χ1n) is 11.0. The summed E-state index contributed by atoms with van der Waals surface area (Å²) >= 11 is 0. The summed E-state index contributed by atoms with van der Waals surface area (Å²) in [5, 5.41) is 0. The van der Waals surface area contributed by atoms with E-state index in [1.165, 1.54) is 11.0 Å². The summed E-state index contributed by atoms with van der Waals surface area (Å²) in [7, 11) is 0. The van der Waals surface area contributed by atoms with Crippen molar-refractivity contribution < 1.29 is 35.9 Å². The third kappa shape index (κ3) is 4.24. The predicted molar refractivity (Wildman–Crippen MR) is 113 cm³/mol. The number of ether oxygens (including phenoxy) is 1. The van der Waals surface area contributed by atoms with E-state index in [2.05, 4.69) is 15.0 Å². The van der Waals surface area contributed by atoms with Gasteiger partial charge >= 0.3 is 6.18 Å². The number of amides is 1. The normalized spacial score (nSPS) is 23.2. The Bertz CT molecular complexity index is 1320. The Hall–Kier alpha value is -3.70. The molecule has 2 bridgehead atoms. The van der Waals surface area contributed by atoms with Crippen LogP contribution in [0.2, 0.25) is 0 Å². The monoisotopic (exact) mass is 508 g/mol. The molecule has 1 aromatic carbocycles. The third-order valence-corrected chi connectivity index (χ3v) is 6.70. The lowest BCUT2D eigenvalue weighted by Crippen LogP contribution is -2.51. The van der Waals surface area contributed by atoms with Crippen LogP contribution in [0.1, 0.15) is 35.7 Å². The van der Waals surface area contributed by atoms with E-state index in [-0.39, 0.29) is 34.8 Å². The number of piperidine rings is 1. The fraction of sp³-hybridized carbons (Fsp3) is 0.333. The van der Waals surface area contributed by atoms with E-state index in [4.69, 9.17) is 4.74 Å². The Labute approximate surface area is 201 Å². The van der Waals surface area contributed by atoms with Crippen LogP contribution in [-0.4, -0.2) is 43.9 Å². The van der Waals surface area contributed by atoms with E-state index in [1.807, 2.05) is 6.92 Å². The second kappa shape index (κ2) is 8.75. The highest BCUT2D eigenvalue weighted by atomic mass is 19.4. The van der Waals surface area contributed by atoms with Crippen molar-refractivity contribution in [3.63, 3.8) is 0 Å². The minimum absolute atomic E-state index is 0.00215. The average Bonchev–Trinajstić information content (AvgIpc) is 3.36. The van der Waals surface area contributed by atoms with Crippen molar-refractivity contribution in [2.75, 3.05) is 0 Å². The fourth-order valence-corrected chi connectivity index (χ4v) is 5.02. The Morgan fingerprint density at radius 3 is 2.39 bits per heavy atom. The Kier molecular flexibility index (Phi) is 5.84. The molecule has 1 amide bonds. The zero-order valence-corrected chi connectivity index (χ0v) is 18.6. The molecule has 2 fully saturated rings. The lowest BCUT2D eigenvalue weighted by Gasteiger charge is -2.38. The minimum atomic E-state index is -4.89. The largest absolute Gasteiger partial charge is 0.472 e. The Morgan fingerprint density at radius 2 is 1.75 bits per heavy atom. The fourth-order valence-electron chi connectivity index (χ4n) is 5.02. The molecule has 4 atom stereocenters. The van der Waals surface area contributed by atoms with Crippen LogP contribution in [0.5, 0.6) is 5.88 Å². The number of hydrogen-bond acceptors (Lipinski definition) is 5. The number of benzene rings is 1. The van der Waals surface area contributed by atoms with Gasteiger partial charge in [0.2, 0.25) is 11.8 Å². The summed E-state index contributed by atoms with van der Waals surface area (Å²) < 4.78 is 85.6. The van der Waals surface area contributed by atoms with E-state index >= 15 is 0 Å². The second-order valence-corrected chi connectivity index (χ2v) is 8.81. The van der Waals surface area contributed by atoms with Gasteiger partial charge in [0.15, 0.2) is 11.6 Å². The number of carbonyl (C=O) groups excluding carboxylic acids is 1. The van der Waals surface area contributed by atoms with Crippen LogP contribution in [-0.2, 0) is 6.18 Å². The molecule has 1 aliphatic heterocycles. The molecule has 4 unspecified atom stereocenters. The molecule has 3 heterocycles. The number of nitrogens with zero attached hydrogens (tertiary/aromatic N) is 4. The van der Waals surface area contributed by atoms with E-state index in [0.29, 0.717) is 18.9 Å². The van der Waals surface area contributed by atoms with Gasteiger partial charge in [0.05, 0.1) is 24.0 Å². The first kappa shape index (κ1) is 24.0. The summed E-state index contributed by atoms with van der Waals surface area (Å²) in [6.07, 6.45) is -2.66. The van der Waals surface area contributed by atoms with Crippen molar-refractivity contribution in [3.05, 3.63) is 71.4 Å². The molecule has 1 aliphatic carbocycles. The van der Waals surface area contributed by atoms with Gasteiger partial charge in [0.1, 0.15) is 17.5 Å². The number of alkyl halides is 3. The molecule has 12 heteroatoms. The third-order valence-electron chi connectivity index (χ3n) is 6.70. The molecule has 0 radical (unpaired) electrons. The van der Waals surface area contributed by atoms with Gasteiger partial charge in [0.25, 0.3) is 5.91 Å². The van der Waals surface area contributed by atoms with Gasteiger partial charge in [-0.3, -0.25) is 4.79 Å². The Morgan fingerprint density at radius 1 is 1.03 bits per heavy atom. The second-order valence-electron chi connectivity index (χ2n) is 8.81. The maximum absolute atomic E-state index is 14.2. The van der Waals surface area contributed by atoms with Gasteiger partial charge in [-0.1, -0.05) is 0 Å². The maximum Gasteiger partial charge on any atom is 0.420 e. The number of fused-ring (bicyclic) bond motifs is 2. The molecule has 3 aromatic rings. The molecule has 2 aromatic heterocycles. The number of likely N-dealkylation sites (tertiary alicyclic amines) is 1. The molecule has 1 saturated heterocycles. The van der Waals surface area contributed by atoms with Crippen molar-refractivity contribution >= 4 is 5.91 Å². The van der Waals surface area contributed by atoms with Crippen molar-refractivity contribution in [2.24, 2.45) is 5.92 Å². The predicted octanol–water partition coefficient (Wildman–Crippen LogP) is 5.05. The van der Waals surface area contributed by atoms with Crippen molar-refractivity contribution in [1.29, 1.82) is 0 Å². The molecule has 0 spiro atoms. The summed E-state index contributed by atoms with van der Waals surface area (Å²) in [5.41, 5.74) is -1.33. The zero-order chi connectivity index (χ0) is 25.8. The van der Waals surface area contributed by atoms with E-state index in [0.717, 1.165) is 30.6 Å². The SMILES string of the molecule is CC1C2CC(Oc3ccc(C(F)(F)F)c(F)n3)C(C2)N1C(=O)c1cc(F)ccc1-c1ncc(F)cn1. The van der Waals surface area contributed by atoms with E-state index in [1.54, 1.807) is 0 Å². The van der Waals surface area contributed by atoms with Gasteiger partial charge in [-0.05, 0) is 49.9 Å². The number of pyridine rings is 1. The molecule has 2 aliphatic rings. The summed E-state index contributed by atoms with van der Waals surface area (Å²) in [6.45, 7) is 1.84. The van der Waals surface area contributed by atoms with Gasteiger partial charge in [0, 0.05) is 17.7 Å². The van der Waals surface area contributed by atoms with Crippen LogP contribution in [0.15, 0.2) is 42.7 Å². The first-order chi connectivity index (χ1) is 17.0. The highest BCUT2D eigenvalue weighted by Crippen LogP contribution is 2.45. The van der Waals surface area contributed by atoms with Gasteiger partial charge < -0.3 is 9.64 Å². The number of hydrogen-bond donors (Lipinski definition) is 0. The smallest absolute Gasteiger partial charge is 0.420 e. The average molecular weight is 508 g/mol. The van der Waals surface area contributed by atoms with Crippen molar-refractivity contribution in [1.82, 2.24) is 19.9 Å². The van der Waals surface area contributed by atoms with Crippen molar-refractivity contribution in [3.8, 4) is 17.3 Å². The summed E-state index contributed by atoms with van der Waals surface area (Å²) in [4.78, 5) is 26.2. The number of halogens is 6. The quantitative estimate of drug-likeness (QED) is 0.365. The topological polar surface area (TPSA) is 68.2 Å². The van der Waals surface area contributed by atoms with E-state index < -0.39 is 47.4 Å². The minimum Gasteiger partial charge on any atom is -0.472 e. The van der Waals surface area contributed by atoms with Crippen molar-refractivity contribution in [2.45, 2.75) is 44.1 Å². The molecule has 1 saturated carbocycles. The highest BCUT2D eigenvalue weighted by Gasteiger charge is 2.53. The van der Waals surface area contributed by atoms with Gasteiger partial charge in [-0.25, -0.2) is 18.7 Å². The molecule has 0 N–H and O–H groups in total. The first-order valence-corrected chi connectivity index (χ1v) is 11.0. The van der Waals surface area contributed by atoms with Crippen LogP contribution in [0.25, 0.3) is 11.4 Å². The highest BCUT2D eigenvalue weighted by molar-refractivity contribution is 6.00. The molecule has 5 rings (SSSR count). The maximum atomic E-state index is 14.2. The zero-order valence-electron chi connectivity index (χ0n) is 18.6. The summed E-state index contributed by atoms with van der Waals surface area (Å²) in [5.74, 6) is -3.86. The number of rotatable bonds is 4. The molecule has 188 valence electrons. The lowest BCUT2D eigenvalue weighted by atomic mass is 9.97. The van der Waals surface area contributed by atoms with Gasteiger partial charge in [-0.2, -0.15) is 22.5 Å². The van der Waals surface area contributed by atoms with Gasteiger partial charge in [-0.15, -0.1) is 0 Å². The number of carbonyl (C=O) groups is 1. The van der Waals surface area contributed by atoms with Crippen LogP contribution >= 0.6 is 0 Å².